The lowest BCUT2D eigenvalue weighted by atomic mass is 9.94. The van der Waals surface area contributed by atoms with Gasteiger partial charge in [-0.15, -0.1) is 0 Å². The molecule has 0 saturated heterocycles. The van der Waals surface area contributed by atoms with Crippen LogP contribution in [0, 0.1) is 11.3 Å². The van der Waals surface area contributed by atoms with Crippen LogP contribution in [-0.4, -0.2) is 17.5 Å². The van der Waals surface area contributed by atoms with E-state index in [0.29, 0.717) is 11.6 Å². The third-order valence-corrected chi connectivity index (χ3v) is 5.17. The molecule has 1 aliphatic rings. The average Bonchev–Trinajstić information content (AvgIpc) is 2.39. The van der Waals surface area contributed by atoms with Gasteiger partial charge in [-0.1, -0.05) is 6.42 Å². The second-order valence-electron chi connectivity index (χ2n) is 4.67. The van der Waals surface area contributed by atoms with Gasteiger partial charge in [-0.05, 0) is 59.6 Å². The molecule has 4 heteroatoms. The third kappa shape index (κ3) is 3.43. The molecule has 2 unspecified atom stereocenters. The first-order valence-corrected chi connectivity index (χ1v) is 8.30. The molecular weight excluding hydrogens is 308 g/mol. The summed E-state index contributed by atoms with van der Waals surface area (Å²) >= 11 is 5.41. The summed E-state index contributed by atoms with van der Waals surface area (Å²) in [6.07, 6.45) is 7.33. The zero-order chi connectivity index (χ0) is 13.0. The van der Waals surface area contributed by atoms with Crippen molar-refractivity contribution >= 4 is 33.4 Å². The highest BCUT2D eigenvalue weighted by atomic mass is 79.9. The second-order valence-corrected chi connectivity index (χ2v) is 6.66. The Bertz CT molecular complexity index is 456. The Kier molecular flexibility index (Phi) is 4.96. The van der Waals surface area contributed by atoms with Gasteiger partial charge in [0.15, 0.2) is 0 Å². The molecule has 18 heavy (non-hydrogen) atoms. The molecule has 1 aromatic rings. The van der Waals surface area contributed by atoms with Crippen molar-refractivity contribution in [1.29, 1.82) is 5.26 Å². The molecule has 0 spiro atoms. The molecule has 2 nitrogen and oxygen atoms in total. The van der Waals surface area contributed by atoms with Crippen LogP contribution >= 0.6 is 27.7 Å². The lowest BCUT2D eigenvalue weighted by Gasteiger charge is -2.29. The van der Waals surface area contributed by atoms with Crippen molar-refractivity contribution < 1.29 is 0 Å². The first-order chi connectivity index (χ1) is 8.72. The first-order valence-electron chi connectivity index (χ1n) is 6.22. The van der Waals surface area contributed by atoms with Crippen LogP contribution in [0.3, 0.4) is 0 Å². The van der Waals surface area contributed by atoms with E-state index in [2.05, 4.69) is 33.6 Å². The van der Waals surface area contributed by atoms with Crippen molar-refractivity contribution in [2.45, 2.75) is 37.0 Å². The normalized spacial score (nSPS) is 23.4. The summed E-state index contributed by atoms with van der Waals surface area (Å²) in [7, 11) is 0. The van der Waals surface area contributed by atoms with Crippen LogP contribution in [-0.2, 0) is 0 Å². The predicted octanol–water partition coefficient (Wildman–Crippen LogP) is 4.41. The van der Waals surface area contributed by atoms with Crippen LogP contribution < -0.4 is 5.32 Å². The van der Waals surface area contributed by atoms with E-state index in [0.717, 1.165) is 15.4 Å². The molecule has 0 radical (unpaired) electrons. The van der Waals surface area contributed by atoms with Crippen molar-refractivity contribution in [3.8, 4) is 6.07 Å². The van der Waals surface area contributed by atoms with Gasteiger partial charge in [-0.3, -0.25) is 0 Å². The zero-order valence-corrected chi connectivity index (χ0v) is 12.9. The number of hydrogen-bond donors (Lipinski definition) is 1. The molecule has 0 aromatic heterocycles. The Balaban J connectivity index is 2.01. The van der Waals surface area contributed by atoms with Gasteiger partial charge in [0.05, 0.1) is 5.56 Å². The Morgan fingerprint density at radius 2 is 2.28 bits per heavy atom. The summed E-state index contributed by atoms with van der Waals surface area (Å²) in [5.41, 5.74) is 1.79. The molecule has 96 valence electrons. The SMILES string of the molecule is CSC1CCCC(Nc2ccc(C#N)c(Br)c2)C1. The highest BCUT2D eigenvalue weighted by Crippen LogP contribution is 2.29. The fourth-order valence-electron chi connectivity index (χ4n) is 2.42. The van der Waals surface area contributed by atoms with Gasteiger partial charge in [-0.2, -0.15) is 17.0 Å². The summed E-state index contributed by atoms with van der Waals surface area (Å²) in [6, 6.07) is 8.59. The van der Waals surface area contributed by atoms with Crippen LogP contribution in [0.15, 0.2) is 22.7 Å². The van der Waals surface area contributed by atoms with Gasteiger partial charge in [0, 0.05) is 21.5 Å². The van der Waals surface area contributed by atoms with Crippen LogP contribution in [0.1, 0.15) is 31.2 Å². The minimum absolute atomic E-state index is 0.566. The molecule has 0 aliphatic heterocycles. The maximum absolute atomic E-state index is 8.89. The summed E-state index contributed by atoms with van der Waals surface area (Å²) in [5, 5.41) is 13.3. The van der Waals surface area contributed by atoms with E-state index in [1.54, 1.807) is 0 Å². The zero-order valence-electron chi connectivity index (χ0n) is 10.4. The number of thioether (sulfide) groups is 1. The molecular formula is C14H17BrN2S. The van der Waals surface area contributed by atoms with Crippen molar-refractivity contribution in [2.75, 3.05) is 11.6 Å². The molecule has 1 saturated carbocycles. The molecule has 0 amide bonds. The van der Waals surface area contributed by atoms with Gasteiger partial charge >= 0.3 is 0 Å². The topological polar surface area (TPSA) is 35.8 Å². The van der Waals surface area contributed by atoms with Gasteiger partial charge in [0.1, 0.15) is 6.07 Å². The minimum atomic E-state index is 0.566. The van der Waals surface area contributed by atoms with Crippen molar-refractivity contribution in [2.24, 2.45) is 0 Å². The minimum Gasteiger partial charge on any atom is -0.382 e. The Morgan fingerprint density at radius 1 is 1.44 bits per heavy atom. The molecule has 0 heterocycles. The third-order valence-electron chi connectivity index (χ3n) is 3.42. The van der Waals surface area contributed by atoms with Gasteiger partial charge in [-0.25, -0.2) is 0 Å². The molecule has 2 atom stereocenters. The Hall–Kier alpha value is -0.660. The van der Waals surface area contributed by atoms with Crippen molar-refractivity contribution in [3.63, 3.8) is 0 Å². The van der Waals surface area contributed by atoms with E-state index < -0.39 is 0 Å². The largest absolute Gasteiger partial charge is 0.382 e. The van der Waals surface area contributed by atoms with Crippen LogP contribution in [0.5, 0.6) is 0 Å². The highest BCUT2D eigenvalue weighted by Gasteiger charge is 2.21. The van der Waals surface area contributed by atoms with E-state index in [1.807, 2.05) is 30.0 Å². The Labute approximate surface area is 121 Å². The van der Waals surface area contributed by atoms with Crippen LogP contribution in [0.25, 0.3) is 0 Å². The predicted molar refractivity (Wildman–Crippen MR) is 82.0 cm³/mol. The van der Waals surface area contributed by atoms with Crippen LogP contribution in [0.2, 0.25) is 0 Å². The monoisotopic (exact) mass is 324 g/mol. The summed E-state index contributed by atoms with van der Waals surface area (Å²) in [4.78, 5) is 0. The van der Waals surface area contributed by atoms with Crippen molar-refractivity contribution in [3.05, 3.63) is 28.2 Å². The first kappa shape index (κ1) is 13.8. The number of rotatable bonds is 3. The lowest BCUT2D eigenvalue weighted by Crippen LogP contribution is -2.28. The lowest BCUT2D eigenvalue weighted by molar-refractivity contribution is 0.473. The Morgan fingerprint density at radius 3 is 2.94 bits per heavy atom. The van der Waals surface area contributed by atoms with E-state index in [-0.39, 0.29) is 0 Å². The molecule has 1 fully saturated rings. The van der Waals surface area contributed by atoms with E-state index in [4.69, 9.17) is 5.26 Å². The van der Waals surface area contributed by atoms with Gasteiger partial charge in [0.2, 0.25) is 0 Å². The standard InChI is InChI=1S/C14H17BrN2S/c1-18-13-4-2-3-11(7-13)17-12-6-5-10(9-16)14(15)8-12/h5-6,8,11,13,17H,2-4,7H2,1H3. The molecule has 1 N–H and O–H groups in total. The smallest absolute Gasteiger partial charge is 0.100 e. The summed E-state index contributed by atoms with van der Waals surface area (Å²) in [5.74, 6) is 0. The number of hydrogen-bond acceptors (Lipinski definition) is 3. The number of nitrogens with zero attached hydrogens (tertiary/aromatic N) is 1. The molecule has 1 aromatic carbocycles. The molecule has 1 aliphatic carbocycles. The van der Waals surface area contributed by atoms with Gasteiger partial charge in [0.25, 0.3) is 0 Å². The fraction of sp³-hybridized carbons (Fsp3) is 0.500. The van der Waals surface area contributed by atoms with E-state index in [1.165, 1.54) is 25.7 Å². The average molecular weight is 325 g/mol. The van der Waals surface area contributed by atoms with Crippen molar-refractivity contribution in [1.82, 2.24) is 0 Å². The van der Waals surface area contributed by atoms with Crippen LogP contribution in [0.4, 0.5) is 5.69 Å². The van der Waals surface area contributed by atoms with Gasteiger partial charge < -0.3 is 5.32 Å². The number of nitriles is 1. The molecule has 2 rings (SSSR count). The maximum atomic E-state index is 8.89. The maximum Gasteiger partial charge on any atom is 0.100 e. The van der Waals surface area contributed by atoms with E-state index >= 15 is 0 Å². The number of nitrogens with one attached hydrogen (secondary N) is 1. The quantitative estimate of drug-likeness (QED) is 0.894. The summed E-state index contributed by atoms with van der Waals surface area (Å²) < 4.78 is 0.868. The number of halogens is 1. The van der Waals surface area contributed by atoms with E-state index in [9.17, 15) is 0 Å². The second kappa shape index (κ2) is 6.49. The number of benzene rings is 1. The molecule has 0 bridgehead atoms. The summed E-state index contributed by atoms with van der Waals surface area (Å²) in [6.45, 7) is 0. The number of anilines is 1. The highest BCUT2D eigenvalue weighted by molar-refractivity contribution is 9.10. The fourth-order valence-corrected chi connectivity index (χ4v) is 3.72.